The Labute approximate surface area is 109 Å². The summed E-state index contributed by atoms with van der Waals surface area (Å²) in [5, 5.41) is 1.86. The molecule has 0 fully saturated rings. The molecular weight excluding hydrogens is 267 g/mol. The number of halogens is 3. The molecule has 0 aliphatic heterocycles. The number of amides is 1. The van der Waals surface area contributed by atoms with Crippen molar-refractivity contribution in [1.82, 2.24) is 5.32 Å². The minimum atomic E-state index is -4.60. The van der Waals surface area contributed by atoms with E-state index in [9.17, 15) is 22.8 Å². The molecular formula is C11H18F3NO4. The zero-order valence-electron chi connectivity index (χ0n) is 11.3. The normalized spacial score (nSPS) is 13.6. The lowest BCUT2D eigenvalue weighted by molar-refractivity contribution is -0.162. The number of ether oxygens (including phenoxy) is 2. The van der Waals surface area contributed by atoms with E-state index in [1.165, 1.54) is 6.92 Å². The van der Waals surface area contributed by atoms with Gasteiger partial charge in [-0.25, -0.2) is 9.59 Å². The van der Waals surface area contributed by atoms with Gasteiger partial charge in [0.2, 0.25) is 0 Å². The smallest absolute Gasteiger partial charge is 0.408 e. The fraction of sp³-hybridized carbons (Fsp3) is 0.818. The van der Waals surface area contributed by atoms with Gasteiger partial charge in [0.05, 0.1) is 13.0 Å². The molecule has 0 aromatic carbocycles. The molecule has 0 unspecified atom stereocenters. The largest absolute Gasteiger partial charge is 0.464 e. The third kappa shape index (κ3) is 9.15. The first-order valence-corrected chi connectivity index (χ1v) is 5.67. The van der Waals surface area contributed by atoms with E-state index in [4.69, 9.17) is 4.74 Å². The van der Waals surface area contributed by atoms with Crippen LogP contribution in [0.5, 0.6) is 0 Å². The second-order valence-corrected chi connectivity index (χ2v) is 4.77. The van der Waals surface area contributed by atoms with E-state index >= 15 is 0 Å². The fourth-order valence-electron chi connectivity index (χ4n) is 1.12. The van der Waals surface area contributed by atoms with Crippen LogP contribution in [0.4, 0.5) is 18.0 Å². The molecule has 8 heteroatoms. The molecule has 0 aromatic rings. The maximum absolute atomic E-state index is 12.3. The first-order valence-electron chi connectivity index (χ1n) is 5.67. The number of alkyl carbamates (subject to hydrolysis) is 1. The summed E-state index contributed by atoms with van der Waals surface area (Å²) in [6, 6.07) is -1.81. The minimum absolute atomic E-state index is 0.0802. The summed E-state index contributed by atoms with van der Waals surface area (Å²) < 4.78 is 46.1. The third-order valence-electron chi connectivity index (χ3n) is 1.70. The number of carbonyl (C=O) groups is 2. The summed E-state index contributed by atoms with van der Waals surface area (Å²) in [6.07, 6.45) is -7.22. The van der Waals surface area contributed by atoms with Crippen LogP contribution in [0.25, 0.3) is 0 Å². The lowest BCUT2D eigenvalue weighted by Crippen LogP contribution is -2.46. The summed E-state index contributed by atoms with van der Waals surface area (Å²) in [5.74, 6) is -1.15. The highest BCUT2D eigenvalue weighted by Gasteiger charge is 2.37. The molecule has 0 radical (unpaired) electrons. The van der Waals surface area contributed by atoms with Crippen LogP contribution in [0.3, 0.4) is 0 Å². The second kappa shape index (κ2) is 6.63. The Morgan fingerprint density at radius 3 is 2.11 bits per heavy atom. The van der Waals surface area contributed by atoms with Crippen molar-refractivity contribution in [1.29, 1.82) is 0 Å². The topological polar surface area (TPSA) is 64.6 Å². The molecule has 5 nitrogen and oxygen atoms in total. The van der Waals surface area contributed by atoms with Crippen molar-refractivity contribution in [2.45, 2.75) is 51.9 Å². The van der Waals surface area contributed by atoms with E-state index in [0.29, 0.717) is 0 Å². The summed E-state index contributed by atoms with van der Waals surface area (Å²) in [6.45, 7) is 6.03. The van der Waals surface area contributed by atoms with Crippen LogP contribution in [0, 0.1) is 0 Å². The number of hydrogen-bond acceptors (Lipinski definition) is 4. The predicted molar refractivity (Wildman–Crippen MR) is 60.5 cm³/mol. The molecule has 1 N–H and O–H groups in total. The van der Waals surface area contributed by atoms with Crippen molar-refractivity contribution in [3.63, 3.8) is 0 Å². The summed E-state index contributed by atoms with van der Waals surface area (Å²) in [5.41, 5.74) is -0.873. The van der Waals surface area contributed by atoms with Gasteiger partial charge in [0, 0.05) is 0 Å². The van der Waals surface area contributed by atoms with Crippen molar-refractivity contribution >= 4 is 12.1 Å². The Hall–Kier alpha value is -1.47. The molecule has 1 atom stereocenters. The Morgan fingerprint density at radius 2 is 1.74 bits per heavy atom. The monoisotopic (exact) mass is 285 g/mol. The second-order valence-electron chi connectivity index (χ2n) is 4.77. The summed E-state index contributed by atoms with van der Waals surface area (Å²) in [4.78, 5) is 22.7. The van der Waals surface area contributed by atoms with Crippen molar-refractivity contribution in [3.05, 3.63) is 0 Å². The molecule has 0 aliphatic carbocycles. The van der Waals surface area contributed by atoms with Gasteiger partial charge in [-0.3, -0.25) is 0 Å². The maximum atomic E-state index is 12.3. The van der Waals surface area contributed by atoms with Crippen LogP contribution >= 0.6 is 0 Å². The first kappa shape index (κ1) is 17.5. The zero-order valence-corrected chi connectivity index (χ0v) is 11.3. The zero-order chi connectivity index (χ0) is 15.3. The highest BCUT2D eigenvalue weighted by molar-refractivity contribution is 5.81. The van der Waals surface area contributed by atoms with Gasteiger partial charge in [-0.15, -0.1) is 0 Å². The average Bonchev–Trinajstić information content (AvgIpc) is 2.11. The van der Waals surface area contributed by atoms with Crippen LogP contribution in [0.15, 0.2) is 0 Å². The van der Waals surface area contributed by atoms with Crippen molar-refractivity contribution in [3.8, 4) is 0 Å². The number of nitrogens with one attached hydrogen (secondary N) is 1. The van der Waals surface area contributed by atoms with E-state index < -0.39 is 36.3 Å². The SMILES string of the molecule is CCOC(=O)[C@@H](CC(F)(F)F)NC(=O)OC(C)(C)C. The van der Waals surface area contributed by atoms with Crippen LogP contribution < -0.4 is 5.32 Å². The van der Waals surface area contributed by atoms with Gasteiger partial charge in [-0.1, -0.05) is 0 Å². The molecule has 0 heterocycles. The van der Waals surface area contributed by atoms with Gasteiger partial charge in [0.1, 0.15) is 11.6 Å². The molecule has 19 heavy (non-hydrogen) atoms. The fourth-order valence-corrected chi connectivity index (χ4v) is 1.12. The third-order valence-corrected chi connectivity index (χ3v) is 1.70. The van der Waals surface area contributed by atoms with Gasteiger partial charge in [0.15, 0.2) is 0 Å². The van der Waals surface area contributed by atoms with Gasteiger partial charge in [-0.05, 0) is 27.7 Å². The Balaban J connectivity index is 4.67. The Bertz CT molecular complexity index is 323. The lowest BCUT2D eigenvalue weighted by Gasteiger charge is -2.23. The first-order chi connectivity index (χ1) is 8.44. The van der Waals surface area contributed by atoms with Gasteiger partial charge in [-0.2, -0.15) is 13.2 Å². The van der Waals surface area contributed by atoms with Crippen LogP contribution in [-0.2, 0) is 14.3 Å². The van der Waals surface area contributed by atoms with Crippen LogP contribution in [-0.4, -0.2) is 36.5 Å². The quantitative estimate of drug-likeness (QED) is 0.805. The number of carbonyl (C=O) groups excluding carboxylic acids is 2. The number of hydrogen-bond donors (Lipinski definition) is 1. The molecule has 0 saturated heterocycles. The highest BCUT2D eigenvalue weighted by atomic mass is 19.4. The number of esters is 1. The van der Waals surface area contributed by atoms with Crippen LogP contribution in [0.1, 0.15) is 34.1 Å². The van der Waals surface area contributed by atoms with Crippen molar-refractivity contribution < 1.29 is 32.2 Å². The van der Waals surface area contributed by atoms with Crippen molar-refractivity contribution in [2.24, 2.45) is 0 Å². The molecule has 0 bridgehead atoms. The van der Waals surface area contributed by atoms with E-state index in [0.717, 1.165) is 0 Å². The molecule has 0 aromatic heterocycles. The highest BCUT2D eigenvalue weighted by Crippen LogP contribution is 2.22. The average molecular weight is 285 g/mol. The molecule has 0 rings (SSSR count). The van der Waals surface area contributed by atoms with Crippen LogP contribution in [0.2, 0.25) is 0 Å². The molecule has 0 spiro atoms. The predicted octanol–water partition coefficient (Wildman–Crippen LogP) is 2.40. The summed E-state index contributed by atoms with van der Waals surface area (Å²) in [7, 11) is 0. The van der Waals surface area contributed by atoms with E-state index in [1.54, 1.807) is 20.8 Å². The lowest BCUT2D eigenvalue weighted by atomic mass is 10.2. The van der Waals surface area contributed by atoms with Crippen molar-refractivity contribution in [2.75, 3.05) is 6.61 Å². The van der Waals surface area contributed by atoms with E-state index in [2.05, 4.69) is 4.74 Å². The summed E-state index contributed by atoms with van der Waals surface area (Å²) >= 11 is 0. The molecule has 0 saturated carbocycles. The standard InChI is InChI=1S/C11H18F3NO4/c1-5-18-8(16)7(6-11(12,13)14)15-9(17)19-10(2,3)4/h7H,5-6H2,1-4H3,(H,15,17)/t7-/m1/s1. The van der Waals surface area contributed by atoms with E-state index in [1.807, 2.05) is 5.32 Å². The van der Waals surface area contributed by atoms with Gasteiger partial charge in [0.25, 0.3) is 0 Å². The number of alkyl halides is 3. The molecule has 1 amide bonds. The van der Waals surface area contributed by atoms with Gasteiger partial charge >= 0.3 is 18.2 Å². The molecule has 0 aliphatic rings. The number of rotatable bonds is 4. The molecule has 112 valence electrons. The Morgan fingerprint density at radius 1 is 1.21 bits per heavy atom. The van der Waals surface area contributed by atoms with E-state index in [-0.39, 0.29) is 6.61 Å². The Kier molecular flexibility index (Phi) is 6.11. The minimum Gasteiger partial charge on any atom is -0.464 e. The van der Waals surface area contributed by atoms with Gasteiger partial charge < -0.3 is 14.8 Å². The maximum Gasteiger partial charge on any atom is 0.408 e.